The largest absolute Gasteiger partial charge is 0.480 e. The van der Waals surface area contributed by atoms with Crippen molar-refractivity contribution in [3.05, 3.63) is 29.5 Å². The van der Waals surface area contributed by atoms with Crippen LogP contribution in [0.3, 0.4) is 0 Å². The van der Waals surface area contributed by atoms with Crippen LogP contribution in [-0.2, 0) is 17.9 Å². The Bertz CT molecular complexity index is 910. The maximum absolute atomic E-state index is 11.3. The molecule has 4 rings (SSSR count). The van der Waals surface area contributed by atoms with Gasteiger partial charge in [0.1, 0.15) is 18.1 Å². The molecule has 0 aromatic carbocycles. The van der Waals surface area contributed by atoms with E-state index in [-0.39, 0.29) is 12.5 Å². The van der Waals surface area contributed by atoms with Crippen LogP contribution in [0.4, 0.5) is 0 Å². The van der Waals surface area contributed by atoms with Crippen molar-refractivity contribution in [1.29, 1.82) is 0 Å². The van der Waals surface area contributed by atoms with Gasteiger partial charge in [-0.15, -0.1) is 10.2 Å². The van der Waals surface area contributed by atoms with Gasteiger partial charge in [-0.2, -0.15) is 0 Å². The monoisotopic (exact) mass is 343 g/mol. The number of tetrazole rings is 1. The molecule has 0 unspecified atom stereocenters. The van der Waals surface area contributed by atoms with Crippen LogP contribution in [0.25, 0.3) is 11.6 Å². The highest BCUT2D eigenvalue weighted by molar-refractivity contribution is 5.66. The molecule has 0 saturated heterocycles. The summed E-state index contributed by atoms with van der Waals surface area (Å²) in [5.41, 5.74) is 0. The van der Waals surface area contributed by atoms with Gasteiger partial charge in [0.15, 0.2) is 11.6 Å². The zero-order valence-electron chi connectivity index (χ0n) is 13.7. The number of fused-ring (bicyclic) bond motifs is 1. The van der Waals surface area contributed by atoms with Crippen molar-refractivity contribution >= 4 is 5.97 Å². The van der Waals surface area contributed by atoms with Gasteiger partial charge in [0.25, 0.3) is 0 Å². The smallest absolute Gasteiger partial charge is 0.325 e. The minimum Gasteiger partial charge on any atom is -0.480 e. The lowest BCUT2D eigenvalue weighted by Gasteiger charge is -2.12. The zero-order valence-corrected chi connectivity index (χ0v) is 13.7. The van der Waals surface area contributed by atoms with Crippen LogP contribution >= 0.6 is 0 Å². The molecule has 25 heavy (non-hydrogen) atoms. The highest BCUT2D eigenvalue weighted by Gasteiger charge is 2.30. The summed E-state index contributed by atoms with van der Waals surface area (Å²) in [6.07, 6.45) is 2.71. The molecular weight excluding hydrogens is 326 g/mol. The molecule has 3 aromatic heterocycles. The predicted molar refractivity (Wildman–Crippen MR) is 83.6 cm³/mol. The molecule has 1 N–H and O–H groups in total. The SMILES string of the molecule is Cc1ccc(-c2nc([C@H]3CCCCn4nnnc43)n(CC(=O)O)n2)o1. The molecule has 130 valence electrons. The molecule has 10 nitrogen and oxygen atoms in total. The number of carboxylic acid groups (broad SMARTS) is 1. The number of hydrogen-bond donors (Lipinski definition) is 1. The summed E-state index contributed by atoms with van der Waals surface area (Å²) in [5.74, 6) is 1.67. The van der Waals surface area contributed by atoms with Crippen molar-refractivity contribution in [1.82, 2.24) is 35.0 Å². The van der Waals surface area contributed by atoms with Crippen molar-refractivity contribution in [3.63, 3.8) is 0 Å². The number of aliphatic carboxylic acids is 1. The second-order valence-corrected chi connectivity index (χ2v) is 6.06. The molecule has 0 fully saturated rings. The lowest BCUT2D eigenvalue weighted by atomic mass is 10.0. The van der Waals surface area contributed by atoms with Crippen LogP contribution < -0.4 is 0 Å². The van der Waals surface area contributed by atoms with Crippen molar-refractivity contribution in [2.75, 3.05) is 0 Å². The molecule has 0 radical (unpaired) electrons. The number of nitrogens with zero attached hydrogens (tertiary/aromatic N) is 7. The second kappa shape index (κ2) is 6.11. The van der Waals surface area contributed by atoms with Gasteiger partial charge in [0, 0.05) is 6.54 Å². The van der Waals surface area contributed by atoms with Crippen LogP contribution in [0.15, 0.2) is 16.5 Å². The van der Waals surface area contributed by atoms with E-state index in [2.05, 4.69) is 25.6 Å². The van der Waals surface area contributed by atoms with Crippen LogP contribution in [-0.4, -0.2) is 46.0 Å². The molecule has 4 heterocycles. The molecule has 1 aliphatic heterocycles. The van der Waals surface area contributed by atoms with Gasteiger partial charge >= 0.3 is 5.97 Å². The van der Waals surface area contributed by atoms with Crippen LogP contribution in [0.5, 0.6) is 0 Å². The summed E-state index contributed by atoms with van der Waals surface area (Å²) < 4.78 is 8.74. The van der Waals surface area contributed by atoms with E-state index < -0.39 is 5.97 Å². The fourth-order valence-corrected chi connectivity index (χ4v) is 3.12. The third-order valence-corrected chi connectivity index (χ3v) is 4.24. The van der Waals surface area contributed by atoms with Gasteiger partial charge in [-0.3, -0.25) is 4.79 Å². The van der Waals surface area contributed by atoms with Crippen molar-refractivity contribution in [2.45, 2.75) is 45.2 Å². The summed E-state index contributed by atoms with van der Waals surface area (Å²) in [6.45, 7) is 2.30. The van der Waals surface area contributed by atoms with Crippen molar-refractivity contribution in [2.24, 2.45) is 0 Å². The van der Waals surface area contributed by atoms with Crippen LogP contribution in [0.1, 0.15) is 42.6 Å². The molecule has 10 heteroatoms. The van der Waals surface area contributed by atoms with Gasteiger partial charge in [0.2, 0.25) is 5.82 Å². The first-order chi connectivity index (χ1) is 12.1. The Morgan fingerprint density at radius 1 is 1.36 bits per heavy atom. The van der Waals surface area contributed by atoms with E-state index in [4.69, 9.17) is 4.42 Å². The number of carbonyl (C=O) groups is 1. The summed E-state index contributed by atoms with van der Waals surface area (Å²) >= 11 is 0. The quantitative estimate of drug-likeness (QED) is 0.750. The number of carboxylic acids is 1. The molecule has 0 spiro atoms. The number of aromatic nitrogens is 7. The van der Waals surface area contributed by atoms with E-state index in [0.29, 0.717) is 23.2 Å². The Balaban J connectivity index is 1.80. The van der Waals surface area contributed by atoms with Crippen molar-refractivity contribution < 1.29 is 14.3 Å². The second-order valence-electron chi connectivity index (χ2n) is 6.06. The van der Waals surface area contributed by atoms with E-state index >= 15 is 0 Å². The molecule has 0 aliphatic carbocycles. The number of rotatable bonds is 4. The summed E-state index contributed by atoms with van der Waals surface area (Å²) in [4.78, 5) is 15.8. The summed E-state index contributed by atoms with van der Waals surface area (Å²) in [6, 6.07) is 3.59. The van der Waals surface area contributed by atoms with Crippen molar-refractivity contribution in [3.8, 4) is 11.6 Å². The first-order valence-corrected chi connectivity index (χ1v) is 8.11. The zero-order chi connectivity index (χ0) is 17.4. The Hall–Kier alpha value is -3.04. The molecule has 0 bridgehead atoms. The Kier molecular flexibility index (Phi) is 3.79. The molecule has 1 atom stereocenters. The summed E-state index contributed by atoms with van der Waals surface area (Å²) in [5, 5.41) is 25.5. The van der Waals surface area contributed by atoms with Gasteiger partial charge in [-0.05, 0) is 42.3 Å². The normalized spacial score (nSPS) is 17.2. The Morgan fingerprint density at radius 3 is 3.00 bits per heavy atom. The number of aryl methyl sites for hydroxylation is 2. The van der Waals surface area contributed by atoms with Gasteiger partial charge < -0.3 is 9.52 Å². The fourth-order valence-electron chi connectivity index (χ4n) is 3.12. The standard InChI is InChI=1S/C15H17N7O3/c1-9-5-6-11(25-9)13-16-14(22(18-13)8-12(23)24)10-4-2-3-7-21-15(10)17-19-20-21/h5-6,10H,2-4,7-8H2,1H3,(H,23,24)/t10-/m1/s1. The molecule has 3 aromatic rings. The Morgan fingerprint density at radius 2 is 2.24 bits per heavy atom. The molecule has 0 saturated carbocycles. The van der Waals surface area contributed by atoms with E-state index in [0.717, 1.165) is 31.6 Å². The van der Waals surface area contributed by atoms with E-state index in [1.165, 1.54) is 4.68 Å². The van der Waals surface area contributed by atoms with Crippen LogP contribution in [0, 0.1) is 6.92 Å². The first kappa shape index (κ1) is 15.5. The summed E-state index contributed by atoms with van der Waals surface area (Å²) in [7, 11) is 0. The van der Waals surface area contributed by atoms with E-state index in [1.807, 2.05) is 13.0 Å². The predicted octanol–water partition coefficient (Wildman–Crippen LogP) is 1.23. The van der Waals surface area contributed by atoms with E-state index in [9.17, 15) is 9.90 Å². The minimum absolute atomic E-state index is 0.200. The molecular formula is C15H17N7O3. The van der Waals surface area contributed by atoms with Crippen LogP contribution in [0.2, 0.25) is 0 Å². The number of hydrogen-bond acceptors (Lipinski definition) is 7. The fraction of sp³-hybridized carbons (Fsp3) is 0.467. The van der Waals surface area contributed by atoms with E-state index in [1.54, 1.807) is 10.7 Å². The minimum atomic E-state index is -0.985. The van der Waals surface area contributed by atoms with Gasteiger partial charge in [0.05, 0.1) is 5.92 Å². The number of furan rings is 1. The third-order valence-electron chi connectivity index (χ3n) is 4.24. The maximum atomic E-state index is 11.3. The maximum Gasteiger partial charge on any atom is 0.325 e. The highest BCUT2D eigenvalue weighted by Crippen LogP contribution is 2.31. The van der Waals surface area contributed by atoms with Gasteiger partial charge in [-0.25, -0.2) is 14.3 Å². The third kappa shape index (κ3) is 2.90. The first-order valence-electron chi connectivity index (χ1n) is 8.11. The lowest BCUT2D eigenvalue weighted by Crippen LogP contribution is -2.18. The average molecular weight is 343 g/mol. The lowest BCUT2D eigenvalue weighted by molar-refractivity contribution is -0.137. The highest BCUT2D eigenvalue weighted by atomic mass is 16.4. The van der Waals surface area contributed by atoms with Gasteiger partial charge in [-0.1, -0.05) is 6.42 Å². The topological polar surface area (TPSA) is 125 Å². The Labute approximate surface area is 142 Å². The molecule has 1 aliphatic rings. The molecule has 0 amide bonds. The average Bonchev–Trinajstić information content (AvgIpc) is 3.26.